The zero-order valence-corrected chi connectivity index (χ0v) is 16.1. The van der Waals surface area contributed by atoms with Crippen LogP contribution >= 0.6 is 11.8 Å². The standard InChI is InChI=1S/C18H31N3O3S/c1-15(22)20-6-3-16(4-7-20)18(23)21-5-2-12-25-14-17(21)13-19-8-10-24-11-9-19/h16-17H,2-14H2,1H3. The molecular formula is C18H31N3O3S. The van der Waals surface area contributed by atoms with Crippen LogP contribution in [0.3, 0.4) is 0 Å². The SMILES string of the molecule is CC(=O)N1CCC(C(=O)N2CCCSCC2CN2CCOCC2)CC1. The second kappa shape index (κ2) is 9.24. The van der Waals surface area contributed by atoms with E-state index >= 15 is 0 Å². The van der Waals surface area contributed by atoms with Crippen LogP contribution in [0.1, 0.15) is 26.2 Å². The van der Waals surface area contributed by atoms with E-state index < -0.39 is 0 Å². The van der Waals surface area contributed by atoms with Crippen LogP contribution in [0, 0.1) is 5.92 Å². The van der Waals surface area contributed by atoms with E-state index in [9.17, 15) is 9.59 Å². The molecule has 3 saturated heterocycles. The molecule has 3 aliphatic heterocycles. The number of likely N-dealkylation sites (tertiary alicyclic amines) is 1. The quantitative estimate of drug-likeness (QED) is 0.740. The van der Waals surface area contributed by atoms with Crippen LogP contribution in [0.25, 0.3) is 0 Å². The Balaban J connectivity index is 1.60. The maximum atomic E-state index is 13.2. The lowest BCUT2D eigenvalue weighted by atomic mass is 9.94. The van der Waals surface area contributed by atoms with Crippen LogP contribution in [-0.2, 0) is 14.3 Å². The number of hydrogen-bond donors (Lipinski definition) is 0. The van der Waals surface area contributed by atoms with E-state index in [1.807, 2.05) is 16.7 Å². The number of thioether (sulfide) groups is 1. The Morgan fingerprint density at radius 3 is 2.48 bits per heavy atom. The minimum atomic E-state index is 0.0888. The minimum absolute atomic E-state index is 0.0888. The smallest absolute Gasteiger partial charge is 0.226 e. The second-order valence-corrected chi connectivity index (χ2v) is 8.46. The van der Waals surface area contributed by atoms with Gasteiger partial charge in [0.05, 0.1) is 19.3 Å². The highest BCUT2D eigenvalue weighted by Crippen LogP contribution is 2.25. The van der Waals surface area contributed by atoms with Gasteiger partial charge in [0.2, 0.25) is 11.8 Å². The number of hydrogen-bond acceptors (Lipinski definition) is 5. The zero-order chi connectivity index (χ0) is 17.6. The van der Waals surface area contributed by atoms with E-state index in [0.717, 1.165) is 83.3 Å². The Bertz CT molecular complexity index is 462. The van der Waals surface area contributed by atoms with Crippen molar-refractivity contribution in [2.75, 3.05) is 64.0 Å². The van der Waals surface area contributed by atoms with Crippen molar-refractivity contribution in [2.24, 2.45) is 5.92 Å². The monoisotopic (exact) mass is 369 g/mol. The average Bonchev–Trinajstić information content (AvgIpc) is 2.87. The van der Waals surface area contributed by atoms with Gasteiger partial charge in [0.1, 0.15) is 0 Å². The fraction of sp³-hybridized carbons (Fsp3) is 0.889. The molecule has 3 heterocycles. The summed E-state index contributed by atoms with van der Waals surface area (Å²) in [4.78, 5) is 31.2. The fourth-order valence-electron chi connectivity index (χ4n) is 4.03. The second-order valence-electron chi connectivity index (χ2n) is 7.31. The van der Waals surface area contributed by atoms with Crippen molar-refractivity contribution in [3.8, 4) is 0 Å². The maximum absolute atomic E-state index is 13.2. The van der Waals surface area contributed by atoms with E-state index in [1.165, 1.54) is 0 Å². The average molecular weight is 370 g/mol. The van der Waals surface area contributed by atoms with Gasteiger partial charge in [-0.2, -0.15) is 11.8 Å². The first kappa shape index (κ1) is 19.0. The third-order valence-corrected chi connectivity index (χ3v) is 6.78. The molecule has 6 nitrogen and oxygen atoms in total. The summed E-state index contributed by atoms with van der Waals surface area (Å²) in [5, 5.41) is 0. The van der Waals surface area contributed by atoms with Crippen LogP contribution in [-0.4, -0.2) is 96.5 Å². The van der Waals surface area contributed by atoms with Crippen LogP contribution < -0.4 is 0 Å². The fourth-order valence-corrected chi connectivity index (χ4v) is 5.09. The third-order valence-electron chi connectivity index (χ3n) is 5.58. The summed E-state index contributed by atoms with van der Waals surface area (Å²) in [6, 6.07) is 0.309. The van der Waals surface area contributed by atoms with Gasteiger partial charge in [-0.3, -0.25) is 14.5 Å². The zero-order valence-electron chi connectivity index (χ0n) is 15.3. The Morgan fingerprint density at radius 1 is 1.08 bits per heavy atom. The lowest BCUT2D eigenvalue weighted by Crippen LogP contribution is -2.53. The molecule has 0 saturated carbocycles. The highest BCUT2D eigenvalue weighted by Gasteiger charge is 2.34. The molecule has 0 aromatic carbocycles. The Kier molecular flexibility index (Phi) is 7.01. The number of ether oxygens (including phenoxy) is 1. The summed E-state index contributed by atoms with van der Waals surface area (Å²) in [5.41, 5.74) is 0. The van der Waals surface area contributed by atoms with Crippen LogP contribution in [0.2, 0.25) is 0 Å². The van der Waals surface area contributed by atoms with E-state index in [0.29, 0.717) is 11.9 Å². The van der Waals surface area contributed by atoms with Crippen LogP contribution in [0.15, 0.2) is 0 Å². The van der Waals surface area contributed by atoms with Gasteiger partial charge in [0.15, 0.2) is 0 Å². The van der Waals surface area contributed by atoms with E-state index in [1.54, 1.807) is 6.92 Å². The van der Waals surface area contributed by atoms with Crippen molar-refractivity contribution in [2.45, 2.75) is 32.2 Å². The number of piperidine rings is 1. The van der Waals surface area contributed by atoms with E-state index in [4.69, 9.17) is 4.74 Å². The molecule has 0 spiro atoms. The molecule has 0 radical (unpaired) electrons. The molecule has 0 N–H and O–H groups in total. The molecule has 0 aliphatic carbocycles. The lowest BCUT2D eigenvalue weighted by molar-refractivity contribution is -0.142. The van der Waals surface area contributed by atoms with Gasteiger partial charge in [-0.15, -0.1) is 0 Å². The van der Waals surface area contributed by atoms with Gasteiger partial charge in [-0.25, -0.2) is 0 Å². The number of morpholine rings is 1. The van der Waals surface area contributed by atoms with Crippen molar-refractivity contribution in [1.29, 1.82) is 0 Å². The highest BCUT2D eigenvalue weighted by atomic mass is 32.2. The number of rotatable bonds is 3. The molecule has 0 aromatic heterocycles. The van der Waals surface area contributed by atoms with Gasteiger partial charge < -0.3 is 14.5 Å². The first-order chi connectivity index (χ1) is 12.1. The molecule has 3 aliphatic rings. The number of carbonyl (C=O) groups is 2. The topological polar surface area (TPSA) is 53.1 Å². The summed E-state index contributed by atoms with van der Waals surface area (Å²) in [6.07, 6.45) is 2.71. The summed E-state index contributed by atoms with van der Waals surface area (Å²) in [7, 11) is 0. The predicted octanol–water partition coefficient (Wildman–Crippen LogP) is 0.911. The van der Waals surface area contributed by atoms with E-state index in [2.05, 4.69) is 9.80 Å². The Hall–Kier alpha value is -0.790. The summed E-state index contributed by atoms with van der Waals surface area (Å²) < 4.78 is 5.45. The molecule has 1 atom stereocenters. The van der Waals surface area contributed by atoms with Crippen molar-refractivity contribution >= 4 is 23.6 Å². The number of nitrogens with zero attached hydrogens (tertiary/aromatic N) is 3. The van der Waals surface area contributed by atoms with E-state index in [-0.39, 0.29) is 11.8 Å². The first-order valence-corrected chi connectivity index (χ1v) is 10.7. The molecule has 3 fully saturated rings. The summed E-state index contributed by atoms with van der Waals surface area (Å²) in [6.45, 7) is 8.47. The molecule has 3 rings (SSSR count). The molecule has 1 unspecified atom stereocenters. The van der Waals surface area contributed by atoms with Crippen molar-refractivity contribution in [3.05, 3.63) is 0 Å². The van der Waals surface area contributed by atoms with Crippen molar-refractivity contribution in [3.63, 3.8) is 0 Å². The Labute approximate surface area is 155 Å². The molecular weight excluding hydrogens is 338 g/mol. The normalized spacial score (nSPS) is 27.2. The van der Waals surface area contributed by atoms with Crippen LogP contribution in [0.4, 0.5) is 0 Å². The summed E-state index contributed by atoms with van der Waals surface area (Å²) >= 11 is 1.98. The highest BCUT2D eigenvalue weighted by molar-refractivity contribution is 7.99. The lowest BCUT2D eigenvalue weighted by Gasteiger charge is -2.39. The summed E-state index contributed by atoms with van der Waals surface area (Å²) in [5.74, 6) is 2.72. The first-order valence-electron chi connectivity index (χ1n) is 9.59. The third kappa shape index (κ3) is 5.11. The van der Waals surface area contributed by atoms with Gasteiger partial charge in [0.25, 0.3) is 0 Å². The largest absolute Gasteiger partial charge is 0.379 e. The number of carbonyl (C=O) groups excluding carboxylic acids is 2. The molecule has 0 bridgehead atoms. The Morgan fingerprint density at radius 2 is 1.80 bits per heavy atom. The van der Waals surface area contributed by atoms with Crippen molar-refractivity contribution in [1.82, 2.24) is 14.7 Å². The molecule has 142 valence electrons. The molecule has 0 aromatic rings. The predicted molar refractivity (Wildman–Crippen MR) is 99.7 cm³/mol. The molecule has 25 heavy (non-hydrogen) atoms. The number of amides is 2. The van der Waals surface area contributed by atoms with Gasteiger partial charge in [-0.05, 0) is 25.0 Å². The van der Waals surface area contributed by atoms with Gasteiger partial charge in [0, 0.05) is 57.9 Å². The molecule has 2 amide bonds. The molecule has 7 heteroatoms. The van der Waals surface area contributed by atoms with Gasteiger partial charge >= 0.3 is 0 Å². The minimum Gasteiger partial charge on any atom is -0.379 e. The van der Waals surface area contributed by atoms with Gasteiger partial charge in [-0.1, -0.05) is 0 Å². The maximum Gasteiger partial charge on any atom is 0.226 e. The van der Waals surface area contributed by atoms with Crippen molar-refractivity contribution < 1.29 is 14.3 Å². The van der Waals surface area contributed by atoms with Crippen LogP contribution in [0.5, 0.6) is 0 Å².